The second-order valence-electron chi connectivity index (χ2n) is 5.40. The zero-order valence-electron chi connectivity index (χ0n) is 11.6. The second-order valence-corrected chi connectivity index (χ2v) is 5.40. The lowest BCUT2D eigenvalue weighted by molar-refractivity contribution is -0.696. The molecule has 0 unspecified atom stereocenters. The number of halogens is 1. The number of nitrogens with zero attached hydrogens (tertiary/aromatic N) is 3. The van der Waals surface area contributed by atoms with Crippen LogP contribution in [0.4, 0.5) is 10.1 Å². The van der Waals surface area contributed by atoms with E-state index in [-0.39, 0.29) is 24.0 Å². The molecule has 0 saturated heterocycles. The van der Waals surface area contributed by atoms with E-state index in [1.54, 1.807) is 0 Å². The minimum Gasteiger partial charge on any atom is -0.692 e. The van der Waals surface area contributed by atoms with Gasteiger partial charge in [-0.1, -0.05) is 0 Å². The van der Waals surface area contributed by atoms with Gasteiger partial charge in [-0.15, -0.1) is 4.85 Å². The van der Waals surface area contributed by atoms with Gasteiger partial charge >= 0.3 is 0 Å². The van der Waals surface area contributed by atoms with E-state index in [4.69, 9.17) is 4.74 Å². The van der Waals surface area contributed by atoms with Crippen molar-refractivity contribution < 1.29 is 18.8 Å². The number of fused-ring (bicyclic) bond motifs is 2. The molecule has 2 aromatic rings. The summed E-state index contributed by atoms with van der Waals surface area (Å²) in [5, 5.41) is 19.1. The maximum atomic E-state index is 14.3. The lowest BCUT2D eigenvalue weighted by Gasteiger charge is -2.18. The summed E-state index contributed by atoms with van der Waals surface area (Å²) in [5.74, 6) is -0.700. The predicted octanol–water partition coefficient (Wildman–Crippen LogP) is 0.854. The molecule has 0 saturated carbocycles. The summed E-state index contributed by atoms with van der Waals surface area (Å²) in [6.07, 6.45) is 3.26. The van der Waals surface area contributed by atoms with E-state index in [0.29, 0.717) is 28.3 Å². The van der Waals surface area contributed by atoms with Crippen LogP contribution in [0.5, 0.6) is 5.75 Å². The Kier molecular flexibility index (Phi) is 2.78. The van der Waals surface area contributed by atoms with Crippen molar-refractivity contribution in [1.82, 2.24) is 9.90 Å². The molecule has 1 N–H and O–H groups in total. The number of hydrogen-bond donors (Lipinski definition) is 1. The average molecular weight is 304 g/mol. The van der Waals surface area contributed by atoms with E-state index >= 15 is 0 Å². The van der Waals surface area contributed by atoms with Crippen LogP contribution in [0.3, 0.4) is 0 Å². The summed E-state index contributed by atoms with van der Waals surface area (Å²) in [4.78, 5) is 13.0. The molecule has 0 spiro atoms. The molecule has 0 bridgehead atoms. The third kappa shape index (κ3) is 1.91. The van der Waals surface area contributed by atoms with Crippen LogP contribution < -0.4 is 14.9 Å². The summed E-state index contributed by atoms with van der Waals surface area (Å²) in [7, 11) is 0. The van der Waals surface area contributed by atoms with Crippen LogP contribution in [0, 0.1) is 11.0 Å². The molecule has 8 heteroatoms. The standard InChI is InChI=1S/C14H13FN4O3/c15-8-5-13-10(16-14(20)7-22-13)6-12(8)18-17-9-3-1-2-4-11(9)19(18)21/h5-6H,1-4,7H2,(H,16,20). The number of amides is 1. The molecule has 1 aromatic heterocycles. The van der Waals surface area contributed by atoms with E-state index in [9.17, 15) is 14.4 Å². The van der Waals surface area contributed by atoms with E-state index in [0.717, 1.165) is 30.1 Å². The molecule has 1 amide bonds. The predicted molar refractivity (Wildman–Crippen MR) is 73.2 cm³/mol. The third-order valence-corrected chi connectivity index (χ3v) is 3.93. The van der Waals surface area contributed by atoms with Gasteiger partial charge < -0.3 is 15.3 Å². The van der Waals surface area contributed by atoms with Gasteiger partial charge in [-0.2, -0.15) is 0 Å². The van der Waals surface area contributed by atoms with Gasteiger partial charge in [0.05, 0.1) is 5.69 Å². The number of anilines is 1. The third-order valence-electron chi connectivity index (χ3n) is 3.93. The molecule has 0 atom stereocenters. The highest BCUT2D eigenvalue weighted by molar-refractivity contribution is 5.95. The zero-order chi connectivity index (χ0) is 15.3. The summed E-state index contributed by atoms with van der Waals surface area (Å²) in [6, 6.07) is 2.53. The molecule has 114 valence electrons. The normalized spacial score (nSPS) is 16.5. The topological polar surface area (TPSA) is 83.1 Å². The van der Waals surface area contributed by atoms with Crippen LogP contribution in [0.1, 0.15) is 24.2 Å². The number of benzene rings is 1. The van der Waals surface area contributed by atoms with Gasteiger partial charge in [0.2, 0.25) is 5.69 Å². The van der Waals surface area contributed by atoms with Crippen molar-refractivity contribution >= 4 is 11.6 Å². The van der Waals surface area contributed by atoms with E-state index < -0.39 is 5.82 Å². The first-order valence-corrected chi connectivity index (χ1v) is 7.10. The smallest absolute Gasteiger partial charge is 0.262 e. The van der Waals surface area contributed by atoms with Gasteiger partial charge in [0.1, 0.15) is 5.75 Å². The number of nitrogens with one attached hydrogen (secondary N) is 1. The van der Waals surface area contributed by atoms with Crippen LogP contribution in [-0.2, 0) is 17.6 Å². The average Bonchev–Trinajstić information content (AvgIpc) is 2.84. The maximum Gasteiger partial charge on any atom is 0.262 e. The van der Waals surface area contributed by atoms with Crippen molar-refractivity contribution in [1.29, 1.82) is 0 Å². The number of hydrogen-bond acceptors (Lipinski definition) is 4. The first kappa shape index (κ1) is 13.1. The fourth-order valence-electron chi connectivity index (χ4n) is 2.85. The fourth-order valence-corrected chi connectivity index (χ4v) is 2.85. The summed E-state index contributed by atoms with van der Waals surface area (Å²) >= 11 is 0. The minimum atomic E-state index is -0.626. The molecular weight excluding hydrogens is 291 g/mol. The lowest BCUT2D eigenvalue weighted by atomic mass is 10.0. The monoisotopic (exact) mass is 304 g/mol. The minimum absolute atomic E-state index is 0.00560. The number of carbonyl (C=O) groups is 1. The van der Waals surface area contributed by atoms with Gasteiger partial charge in [0, 0.05) is 30.1 Å². The molecule has 22 heavy (non-hydrogen) atoms. The number of carbonyl (C=O) groups excluding carboxylic acids is 1. The van der Waals surface area contributed by atoms with Crippen molar-refractivity contribution in [2.45, 2.75) is 25.7 Å². The highest BCUT2D eigenvalue weighted by Crippen LogP contribution is 2.31. The summed E-state index contributed by atoms with van der Waals surface area (Å²) < 4.78 is 19.5. The van der Waals surface area contributed by atoms with Crippen LogP contribution in [0.25, 0.3) is 5.69 Å². The number of aryl methyl sites for hydroxylation is 1. The van der Waals surface area contributed by atoms with Crippen molar-refractivity contribution in [3.63, 3.8) is 0 Å². The Hall–Kier alpha value is -2.64. The number of aromatic nitrogens is 3. The SMILES string of the molecule is O=C1COc2cc(F)c(-n3nc4c([n+]3[O-])CCCC4)cc2N1. The van der Waals surface area contributed by atoms with Crippen LogP contribution >= 0.6 is 0 Å². The largest absolute Gasteiger partial charge is 0.692 e. The molecule has 1 aromatic carbocycles. The molecular formula is C14H13FN4O3. The first-order valence-electron chi connectivity index (χ1n) is 7.10. The Morgan fingerprint density at radius 1 is 1.36 bits per heavy atom. The Morgan fingerprint density at radius 2 is 2.18 bits per heavy atom. The highest BCUT2D eigenvalue weighted by atomic mass is 19.1. The first-order chi connectivity index (χ1) is 10.6. The Morgan fingerprint density at radius 3 is 3.00 bits per heavy atom. The van der Waals surface area contributed by atoms with Gasteiger partial charge in [0.25, 0.3) is 5.91 Å². The fraction of sp³-hybridized carbons (Fsp3) is 0.357. The molecule has 4 rings (SSSR count). The Bertz CT molecular complexity index is 787. The van der Waals surface area contributed by atoms with Crippen LogP contribution in [0.15, 0.2) is 12.1 Å². The van der Waals surface area contributed by atoms with E-state index in [2.05, 4.69) is 10.4 Å². The van der Waals surface area contributed by atoms with Crippen molar-refractivity contribution in [2.75, 3.05) is 11.9 Å². The van der Waals surface area contributed by atoms with Crippen molar-refractivity contribution in [3.8, 4) is 11.4 Å². The van der Waals surface area contributed by atoms with E-state index in [1.807, 2.05) is 0 Å². The molecule has 1 aliphatic heterocycles. The van der Waals surface area contributed by atoms with Crippen molar-refractivity contribution in [2.24, 2.45) is 0 Å². The summed E-state index contributed by atoms with van der Waals surface area (Å²) in [6.45, 7) is -0.149. The highest BCUT2D eigenvalue weighted by Gasteiger charge is 2.28. The van der Waals surface area contributed by atoms with Gasteiger partial charge in [-0.05, 0) is 17.6 Å². The number of rotatable bonds is 1. The van der Waals surface area contributed by atoms with Crippen LogP contribution in [-0.4, -0.2) is 22.4 Å². The summed E-state index contributed by atoms with van der Waals surface area (Å²) in [5.41, 5.74) is 1.62. The van der Waals surface area contributed by atoms with Gasteiger partial charge in [0.15, 0.2) is 23.8 Å². The second kappa shape index (κ2) is 4.69. The maximum absolute atomic E-state index is 14.3. The molecule has 2 heterocycles. The van der Waals surface area contributed by atoms with E-state index in [1.165, 1.54) is 6.07 Å². The zero-order valence-corrected chi connectivity index (χ0v) is 11.6. The number of ether oxygens (including phenoxy) is 1. The van der Waals surface area contributed by atoms with Crippen LogP contribution in [0.2, 0.25) is 0 Å². The van der Waals surface area contributed by atoms with Crippen molar-refractivity contribution in [3.05, 3.63) is 34.5 Å². The van der Waals surface area contributed by atoms with Gasteiger partial charge in [-0.3, -0.25) is 4.79 Å². The Balaban J connectivity index is 1.84. The molecule has 1 aliphatic carbocycles. The Labute approximate surface area is 124 Å². The molecule has 7 nitrogen and oxygen atoms in total. The quantitative estimate of drug-likeness (QED) is 0.625. The lowest BCUT2D eigenvalue weighted by Crippen LogP contribution is -2.41. The molecule has 0 fully saturated rings. The van der Waals surface area contributed by atoms with Gasteiger partial charge in [-0.25, -0.2) is 4.39 Å². The molecule has 0 radical (unpaired) electrons. The molecule has 2 aliphatic rings.